The van der Waals surface area contributed by atoms with Gasteiger partial charge in [0, 0.05) is 18.5 Å². The molecule has 0 aliphatic carbocycles. The Kier molecular flexibility index (Phi) is 6.72. The summed E-state index contributed by atoms with van der Waals surface area (Å²) in [6, 6.07) is 14.4. The Balaban J connectivity index is 1.65. The van der Waals surface area contributed by atoms with E-state index in [1.807, 2.05) is 12.1 Å². The Labute approximate surface area is 190 Å². The van der Waals surface area contributed by atoms with Crippen molar-refractivity contribution in [3.05, 3.63) is 69.2 Å². The summed E-state index contributed by atoms with van der Waals surface area (Å²) in [5, 5.41) is 1.02. The SMILES string of the molecule is CC1c2ccccc2C(CN2CCCCC2)N(C(=O)Cc2ccc(Cl)c(Cl)c2)C1C. The molecule has 3 atom stereocenters. The molecule has 0 spiro atoms. The van der Waals surface area contributed by atoms with Crippen LogP contribution in [0.5, 0.6) is 0 Å². The molecular formula is C25H30Cl2N2O. The highest BCUT2D eigenvalue weighted by molar-refractivity contribution is 6.42. The third-order valence-corrected chi connectivity index (χ3v) is 7.59. The molecule has 0 N–H and O–H groups in total. The first-order valence-corrected chi connectivity index (χ1v) is 11.8. The molecule has 0 aromatic heterocycles. The smallest absolute Gasteiger partial charge is 0.227 e. The molecule has 160 valence electrons. The summed E-state index contributed by atoms with van der Waals surface area (Å²) in [5.41, 5.74) is 3.59. The summed E-state index contributed by atoms with van der Waals surface area (Å²) >= 11 is 12.3. The Bertz CT molecular complexity index is 910. The van der Waals surface area contributed by atoms with Crippen LogP contribution in [0.1, 0.15) is 61.8 Å². The number of hydrogen-bond donors (Lipinski definition) is 0. The van der Waals surface area contributed by atoms with Crippen molar-refractivity contribution in [2.45, 2.75) is 57.5 Å². The van der Waals surface area contributed by atoms with Gasteiger partial charge in [-0.2, -0.15) is 0 Å². The monoisotopic (exact) mass is 444 g/mol. The summed E-state index contributed by atoms with van der Waals surface area (Å²) in [4.78, 5) is 18.3. The predicted octanol–water partition coefficient (Wildman–Crippen LogP) is 6.10. The number of amides is 1. The highest BCUT2D eigenvalue weighted by Gasteiger charge is 2.39. The molecule has 2 aliphatic heterocycles. The van der Waals surface area contributed by atoms with E-state index >= 15 is 0 Å². The van der Waals surface area contributed by atoms with Gasteiger partial charge >= 0.3 is 0 Å². The van der Waals surface area contributed by atoms with Crippen LogP contribution in [0.15, 0.2) is 42.5 Å². The largest absolute Gasteiger partial charge is 0.331 e. The Morgan fingerprint density at radius 1 is 0.967 bits per heavy atom. The molecule has 1 fully saturated rings. The van der Waals surface area contributed by atoms with Gasteiger partial charge < -0.3 is 9.80 Å². The van der Waals surface area contributed by atoms with Gasteiger partial charge in [-0.15, -0.1) is 0 Å². The van der Waals surface area contributed by atoms with Gasteiger partial charge in [-0.3, -0.25) is 4.79 Å². The minimum Gasteiger partial charge on any atom is -0.331 e. The first kappa shape index (κ1) is 21.7. The second-order valence-corrected chi connectivity index (χ2v) is 9.58. The first-order valence-electron chi connectivity index (χ1n) is 11.0. The van der Waals surface area contributed by atoms with E-state index in [9.17, 15) is 4.79 Å². The molecule has 30 heavy (non-hydrogen) atoms. The lowest BCUT2D eigenvalue weighted by Crippen LogP contribution is -2.51. The van der Waals surface area contributed by atoms with Gasteiger partial charge in [-0.25, -0.2) is 0 Å². The number of carbonyl (C=O) groups is 1. The van der Waals surface area contributed by atoms with Crippen molar-refractivity contribution in [2.24, 2.45) is 0 Å². The maximum Gasteiger partial charge on any atom is 0.227 e. The summed E-state index contributed by atoms with van der Waals surface area (Å²) in [7, 11) is 0. The fourth-order valence-corrected chi connectivity index (χ4v) is 5.37. The number of hydrogen-bond acceptors (Lipinski definition) is 2. The number of nitrogens with zero attached hydrogens (tertiary/aromatic N) is 2. The zero-order valence-electron chi connectivity index (χ0n) is 17.8. The summed E-state index contributed by atoms with van der Waals surface area (Å²) in [5.74, 6) is 0.459. The average molecular weight is 445 g/mol. The molecule has 2 heterocycles. The van der Waals surface area contributed by atoms with Crippen molar-refractivity contribution in [3.63, 3.8) is 0 Å². The van der Waals surface area contributed by atoms with Crippen LogP contribution >= 0.6 is 23.2 Å². The number of halogens is 2. The maximum atomic E-state index is 13.6. The lowest BCUT2D eigenvalue weighted by Gasteiger charge is -2.47. The van der Waals surface area contributed by atoms with Gasteiger partial charge in [0.15, 0.2) is 0 Å². The first-order chi connectivity index (χ1) is 14.5. The normalized spacial score (nSPS) is 24.5. The van der Waals surface area contributed by atoms with Crippen LogP contribution in [0, 0.1) is 0 Å². The molecule has 1 amide bonds. The number of benzene rings is 2. The zero-order valence-corrected chi connectivity index (χ0v) is 19.3. The van der Waals surface area contributed by atoms with E-state index < -0.39 is 0 Å². The number of rotatable bonds is 4. The Hall–Kier alpha value is -1.55. The highest BCUT2D eigenvalue weighted by Crippen LogP contribution is 2.41. The van der Waals surface area contributed by atoms with Gasteiger partial charge in [0.25, 0.3) is 0 Å². The molecule has 0 bridgehead atoms. The average Bonchev–Trinajstić information content (AvgIpc) is 2.75. The quantitative estimate of drug-likeness (QED) is 0.568. The Morgan fingerprint density at radius 3 is 2.37 bits per heavy atom. The van der Waals surface area contributed by atoms with Crippen molar-refractivity contribution in [1.29, 1.82) is 0 Å². The molecule has 2 aromatic carbocycles. The Morgan fingerprint density at radius 2 is 1.67 bits per heavy atom. The molecular weight excluding hydrogens is 415 g/mol. The molecule has 4 rings (SSSR count). The van der Waals surface area contributed by atoms with Crippen LogP contribution in [0.2, 0.25) is 10.0 Å². The third-order valence-electron chi connectivity index (χ3n) is 6.85. The van der Waals surface area contributed by atoms with Crippen LogP contribution in [-0.2, 0) is 11.2 Å². The predicted molar refractivity (Wildman–Crippen MR) is 124 cm³/mol. The molecule has 3 unspecified atom stereocenters. The lowest BCUT2D eigenvalue weighted by molar-refractivity contribution is -0.137. The van der Waals surface area contributed by atoms with E-state index in [1.165, 1.54) is 30.4 Å². The second-order valence-electron chi connectivity index (χ2n) is 8.76. The van der Waals surface area contributed by atoms with Crippen molar-refractivity contribution >= 4 is 29.1 Å². The molecule has 0 saturated carbocycles. The van der Waals surface area contributed by atoms with E-state index in [2.05, 4.69) is 47.9 Å². The topological polar surface area (TPSA) is 23.6 Å². The maximum absolute atomic E-state index is 13.6. The summed E-state index contributed by atoms with van der Waals surface area (Å²) < 4.78 is 0. The number of likely N-dealkylation sites (tertiary alicyclic amines) is 1. The molecule has 3 nitrogen and oxygen atoms in total. The molecule has 0 radical (unpaired) electrons. The summed E-state index contributed by atoms with van der Waals surface area (Å²) in [6.07, 6.45) is 4.15. The van der Waals surface area contributed by atoms with Crippen LogP contribution < -0.4 is 0 Å². The van der Waals surface area contributed by atoms with E-state index in [0.717, 1.165) is 25.2 Å². The van der Waals surface area contributed by atoms with Gasteiger partial charge in [-0.05, 0) is 61.7 Å². The second kappa shape index (κ2) is 9.30. The van der Waals surface area contributed by atoms with Gasteiger partial charge in [-0.1, -0.05) is 66.9 Å². The minimum atomic E-state index is 0.0840. The van der Waals surface area contributed by atoms with Crippen LogP contribution in [-0.4, -0.2) is 41.4 Å². The third kappa shape index (κ3) is 4.39. The number of fused-ring (bicyclic) bond motifs is 1. The molecule has 2 aliphatic rings. The lowest BCUT2D eigenvalue weighted by atomic mass is 9.80. The standard InChI is InChI=1S/C25H30Cl2N2O/c1-17-18(2)29(25(30)15-19-10-11-22(26)23(27)14-19)24(16-28-12-6-3-7-13-28)21-9-5-4-8-20(17)21/h4-5,8-11,14,17-18,24H,3,6-7,12-13,15-16H2,1-2H3. The van der Waals surface area contributed by atoms with Crippen LogP contribution in [0.4, 0.5) is 0 Å². The van der Waals surface area contributed by atoms with E-state index in [1.54, 1.807) is 6.07 Å². The van der Waals surface area contributed by atoms with Crippen molar-refractivity contribution in [2.75, 3.05) is 19.6 Å². The van der Waals surface area contributed by atoms with Crippen molar-refractivity contribution in [3.8, 4) is 0 Å². The minimum absolute atomic E-state index is 0.0840. The van der Waals surface area contributed by atoms with E-state index in [4.69, 9.17) is 23.2 Å². The van der Waals surface area contributed by atoms with E-state index in [-0.39, 0.29) is 18.0 Å². The van der Waals surface area contributed by atoms with Gasteiger partial charge in [0.1, 0.15) is 0 Å². The molecule has 1 saturated heterocycles. The highest BCUT2D eigenvalue weighted by atomic mass is 35.5. The summed E-state index contributed by atoms with van der Waals surface area (Å²) in [6.45, 7) is 7.58. The van der Waals surface area contributed by atoms with Crippen molar-refractivity contribution < 1.29 is 4.79 Å². The van der Waals surface area contributed by atoms with Crippen molar-refractivity contribution in [1.82, 2.24) is 9.80 Å². The fraction of sp³-hybridized carbons (Fsp3) is 0.480. The van der Waals surface area contributed by atoms with Gasteiger partial charge in [0.2, 0.25) is 5.91 Å². The van der Waals surface area contributed by atoms with Crippen LogP contribution in [0.3, 0.4) is 0 Å². The number of carbonyl (C=O) groups excluding carboxylic acids is 1. The molecule has 5 heteroatoms. The van der Waals surface area contributed by atoms with Crippen LogP contribution in [0.25, 0.3) is 0 Å². The molecule has 2 aromatic rings. The van der Waals surface area contributed by atoms with Gasteiger partial charge in [0.05, 0.1) is 22.5 Å². The fourth-order valence-electron chi connectivity index (χ4n) is 5.05. The van der Waals surface area contributed by atoms with E-state index in [0.29, 0.717) is 22.4 Å². The zero-order chi connectivity index (χ0) is 21.3. The number of piperidine rings is 1.